The molecule has 0 aliphatic rings. The Morgan fingerprint density at radius 1 is 0.198 bits per heavy atom. The summed E-state index contributed by atoms with van der Waals surface area (Å²) >= 11 is 5.58. The van der Waals surface area contributed by atoms with Gasteiger partial charge in [0.15, 0.2) is 0 Å². The summed E-state index contributed by atoms with van der Waals surface area (Å²) in [6, 6.07) is 128. The molecule has 520 valence electrons. The molecular formula is C101H63N7S3. The van der Waals surface area contributed by atoms with Crippen molar-refractivity contribution in [2.75, 3.05) is 0 Å². The zero-order valence-electron chi connectivity index (χ0n) is 59.7. The lowest BCUT2D eigenvalue weighted by Gasteiger charge is -2.11. The van der Waals surface area contributed by atoms with Crippen molar-refractivity contribution in [2.24, 2.45) is 0 Å². The van der Waals surface area contributed by atoms with Gasteiger partial charge in [0.25, 0.3) is 0 Å². The third-order valence-corrected chi connectivity index (χ3v) is 24.2. The van der Waals surface area contributed by atoms with Crippen molar-refractivity contribution in [3.05, 3.63) is 383 Å². The fourth-order valence-corrected chi connectivity index (χ4v) is 18.9. The highest BCUT2D eigenvalue weighted by Gasteiger charge is 2.21. The van der Waals surface area contributed by atoms with Crippen LogP contribution in [0.5, 0.6) is 0 Å². The number of para-hydroxylation sites is 2. The van der Waals surface area contributed by atoms with Crippen LogP contribution in [0.3, 0.4) is 0 Å². The summed E-state index contributed by atoms with van der Waals surface area (Å²) < 4.78 is 7.92. The Hall–Kier alpha value is -13.9. The van der Waals surface area contributed by atoms with E-state index < -0.39 is 0 Å². The molecule has 14 aromatic carbocycles. The minimum atomic E-state index is 0.794. The van der Waals surface area contributed by atoms with Crippen molar-refractivity contribution in [1.82, 2.24) is 34.9 Å². The molecule has 22 rings (SSSR count). The van der Waals surface area contributed by atoms with Crippen LogP contribution in [0, 0.1) is 0 Å². The average Bonchev–Trinajstić information content (AvgIpc) is 1.65. The molecule has 0 radical (unpaired) electrons. The van der Waals surface area contributed by atoms with E-state index in [9.17, 15) is 0 Å². The fraction of sp³-hybridized carbons (Fsp3) is 0. The molecule has 0 atom stereocenters. The maximum atomic E-state index is 5.08. The smallest absolute Gasteiger partial charge is 0.108 e. The SMILES string of the molecule is c1ccc(-c2nc(-c3ccc(-c4cccc5c4sc4ccccc45)cc3)cc3ncccc23)cc1.c1ccc(-c2nc3ccccc3nc2-c2ccc(-c3cccc4c3sc3cccc(-c5ccccc5)c34)cc2)cc1.c1ccc(-c2nc3cnccc3nc2-c2ccc(-c3cccc4sc5ccccc5c34)cc2)cc1. The van der Waals surface area contributed by atoms with Gasteiger partial charge >= 0.3 is 0 Å². The maximum Gasteiger partial charge on any atom is 0.108 e. The van der Waals surface area contributed by atoms with Crippen molar-refractivity contribution in [1.29, 1.82) is 0 Å². The van der Waals surface area contributed by atoms with Gasteiger partial charge in [-0.15, -0.1) is 34.0 Å². The lowest BCUT2D eigenvalue weighted by Crippen LogP contribution is -1.96. The molecule has 0 saturated heterocycles. The lowest BCUT2D eigenvalue weighted by atomic mass is 9.96. The van der Waals surface area contributed by atoms with Gasteiger partial charge in [0.1, 0.15) is 5.52 Å². The minimum Gasteiger partial charge on any atom is -0.262 e. The molecule has 7 nitrogen and oxygen atoms in total. The first-order valence-corrected chi connectivity index (χ1v) is 39.4. The fourth-order valence-electron chi connectivity index (χ4n) is 15.3. The van der Waals surface area contributed by atoms with Gasteiger partial charge in [-0.2, -0.15) is 0 Å². The Morgan fingerprint density at radius 2 is 0.568 bits per heavy atom. The van der Waals surface area contributed by atoms with Crippen LogP contribution in [0.15, 0.2) is 383 Å². The van der Waals surface area contributed by atoms with Gasteiger partial charge in [-0.3, -0.25) is 9.97 Å². The number of nitrogens with zero attached hydrogens (tertiary/aromatic N) is 7. The molecule has 0 saturated carbocycles. The van der Waals surface area contributed by atoms with E-state index in [2.05, 4.69) is 295 Å². The van der Waals surface area contributed by atoms with Gasteiger partial charge in [0, 0.05) is 112 Å². The third-order valence-electron chi connectivity index (χ3n) is 20.6. The van der Waals surface area contributed by atoms with E-state index >= 15 is 0 Å². The first-order valence-electron chi connectivity index (χ1n) is 37.0. The van der Waals surface area contributed by atoms with Crippen LogP contribution in [0.4, 0.5) is 0 Å². The Kier molecular flexibility index (Phi) is 17.4. The van der Waals surface area contributed by atoms with Crippen molar-refractivity contribution in [3.8, 4) is 112 Å². The average molecular weight is 1470 g/mol. The van der Waals surface area contributed by atoms with Crippen molar-refractivity contribution in [3.63, 3.8) is 0 Å². The number of thiophene rings is 3. The number of benzene rings is 14. The molecule has 0 bridgehead atoms. The Labute approximate surface area is 652 Å². The summed E-state index contributed by atoms with van der Waals surface area (Å²) in [4.78, 5) is 34.0. The van der Waals surface area contributed by atoms with E-state index in [-0.39, 0.29) is 0 Å². The second-order valence-electron chi connectivity index (χ2n) is 27.3. The van der Waals surface area contributed by atoms with Crippen LogP contribution in [0.2, 0.25) is 0 Å². The molecule has 10 heteroatoms. The first-order chi connectivity index (χ1) is 55.0. The second kappa shape index (κ2) is 29.0. The van der Waals surface area contributed by atoms with Crippen molar-refractivity contribution < 1.29 is 0 Å². The van der Waals surface area contributed by atoms with Crippen LogP contribution in [-0.2, 0) is 0 Å². The molecule has 0 N–H and O–H groups in total. The summed E-state index contributed by atoms with van der Waals surface area (Å²) in [5, 5.41) is 8.98. The Bertz CT molecular complexity index is 7230. The Morgan fingerprint density at radius 3 is 1.15 bits per heavy atom. The zero-order valence-corrected chi connectivity index (χ0v) is 62.2. The standard InChI is InChI=1S/C38H24N2S.C32H20N2S.C31H19N3S/c1-3-11-25(12-4-1)29-15-10-20-34-35(29)31-17-9-16-30(38(31)41-34)26-21-23-28(24-22-26)37-36(27-13-5-2-6-14-27)39-32-18-7-8-19-33(32)40-37;1-2-8-23(9-3-1)31-27-13-7-19-33-29(27)20-28(34-31)22-17-15-21(16-18-22)24-11-6-12-26-25-10-4-5-14-30(25)35-32(24)26;1-2-7-21(8-3-1)30-31(33-25-17-18-32-19-26(25)34-30)22-15-13-20(14-16-22)23-10-6-12-28-29(23)24-9-4-5-11-27(24)35-28/h1-24H;1-20H;1-19H. The quantitative estimate of drug-likeness (QED) is 0.135. The third kappa shape index (κ3) is 12.7. The van der Waals surface area contributed by atoms with Gasteiger partial charge in [-0.1, -0.05) is 303 Å². The molecule has 0 unspecified atom stereocenters. The zero-order chi connectivity index (χ0) is 73.6. The first kappa shape index (κ1) is 66.6. The van der Waals surface area contributed by atoms with E-state index in [0.717, 1.165) is 101 Å². The van der Waals surface area contributed by atoms with Gasteiger partial charge in [-0.05, 0) is 105 Å². The second-order valence-corrected chi connectivity index (χ2v) is 30.5. The molecule has 8 heterocycles. The van der Waals surface area contributed by atoms with E-state index in [1.165, 1.54) is 105 Å². The molecule has 8 aromatic heterocycles. The van der Waals surface area contributed by atoms with E-state index in [1.807, 2.05) is 119 Å². The molecule has 22 aromatic rings. The highest BCUT2D eigenvalue weighted by atomic mass is 32.1. The van der Waals surface area contributed by atoms with Gasteiger partial charge in [0.2, 0.25) is 0 Å². The van der Waals surface area contributed by atoms with Crippen LogP contribution >= 0.6 is 34.0 Å². The van der Waals surface area contributed by atoms with Crippen LogP contribution in [-0.4, -0.2) is 34.9 Å². The predicted octanol–water partition coefficient (Wildman–Crippen LogP) is 28.1. The summed E-state index contributed by atoms with van der Waals surface area (Å²) in [7, 11) is 0. The van der Waals surface area contributed by atoms with E-state index in [4.69, 9.17) is 24.9 Å². The molecule has 0 amide bonds. The van der Waals surface area contributed by atoms with E-state index in [1.54, 1.807) is 12.4 Å². The number of pyridine rings is 3. The number of rotatable bonds is 10. The van der Waals surface area contributed by atoms with Crippen molar-refractivity contribution in [2.45, 2.75) is 0 Å². The number of hydrogen-bond donors (Lipinski definition) is 0. The molecule has 0 aliphatic heterocycles. The summed E-state index contributed by atoms with van der Waals surface area (Å²) in [5.41, 5.74) is 26.1. The van der Waals surface area contributed by atoms with Crippen LogP contribution < -0.4 is 0 Å². The number of aromatic nitrogens is 7. The molecule has 0 fully saturated rings. The normalized spacial score (nSPS) is 11.4. The summed E-state index contributed by atoms with van der Waals surface area (Å²) in [6.07, 6.45) is 5.38. The summed E-state index contributed by atoms with van der Waals surface area (Å²) in [6.45, 7) is 0. The lowest BCUT2D eigenvalue weighted by molar-refractivity contribution is 1.25. The van der Waals surface area contributed by atoms with Crippen LogP contribution in [0.1, 0.15) is 0 Å². The predicted molar refractivity (Wildman–Crippen MR) is 469 cm³/mol. The molecular weight excluding hydrogens is 1410 g/mol. The highest BCUT2D eigenvalue weighted by Crippen LogP contribution is 2.47. The topological polar surface area (TPSA) is 90.2 Å². The monoisotopic (exact) mass is 1470 g/mol. The van der Waals surface area contributed by atoms with Gasteiger partial charge in [-0.25, -0.2) is 24.9 Å². The summed E-state index contributed by atoms with van der Waals surface area (Å²) in [5.74, 6) is 0. The van der Waals surface area contributed by atoms with E-state index in [0.29, 0.717) is 0 Å². The van der Waals surface area contributed by atoms with Gasteiger partial charge in [0.05, 0.1) is 62.4 Å². The Balaban J connectivity index is 0.000000109. The highest BCUT2D eigenvalue weighted by molar-refractivity contribution is 7.27. The molecule has 0 aliphatic carbocycles. The maximum absolute atomic E-state index is 5.08. The van der Waals surface area contributed by atoms with Crippen molar-refractivity contribution >= 4 is 127 Å². The number of hydrogen-bond acceptors (Lipinski definition) is 10. The largest absolute Gasteiger partial charge is 0.262 e. The van der Waals surface area contributed by atoms with Crippen LogP contribution in [0.25, 0.3) is 206 Å². The molecule has 111 heavy (non-hydrogen) atoms. The minimum absolute atomic E-state index is 0.794. The number of fused-ring (bicyclic) bond motifs is 12. The molecule has 0 spiro atoms. The van der Waals surface area contributed by atoms with Gasteiger partial charge < -0.3 is 0 Å².